The van der Waals surface area contributed by atoms with E-state index in [1.165, 1.54) is 0 Å². The third-order valence-corrected chi connectivity index (χ3v) is 4.14. The monoisotopic (exact) mass is 355 g/mol. The first-order valence-electron chi connectivity index (χ1n) is 8.05. The van der Waals surface area contributed by atoms with Gasteiger partial charge >= 0.3 is 6.18 Å². The summed E-state index contributed by atoms with van der Waals surface area (Å²) in [6.45, 7) is 3.24. The van der Waals surface area contributed by atoms with Crippen LogP contribution in [0.5, 0.6) is 5.75 Å². The normalized spacial score (nSPS) is 12.0. The van der Waals surface area contributed by atoms with Crippen molar-refractivity contribution in [3.05, 3.63) is 35.0 Å². The molecular formula is C18H24F3N3O. The molecule has 2 aromatic rings. The second kappa shape index (κ2) is 7.47. The van der Waals surface area contributed by atoms with Gasteiger partial charge in [-0.25, -0.2) is 0 Å². The van der Waals surface area contributed by atoms with Crippen LogP contribution in [0.25, 0.3) is 11.3 Å². The van der Waals surface area contributed by atoms with Crippen molar-refractivity contribution < 1.29 is 17.9 Å². The number of halogens is 3. The van der Waals surface area contributed by atoms with Crippen LogP contribution >= 0.6 is 0 Å². The molecule has 0 unspecified atom stereocenters. The Morgan fingerprint density at radius 3 is 2.44 bits per heavy atom. The van der Waals surface area contributed by atoms with Crippen LogP contribution in [0.1, 0.15) is 16.8 Å². The Hall–Kier alpha value is -2.02. The van der Waals surface area contributed by atoms with Crippen molar-refractivity contribution in [1.82, 2.24) is 14.7 Å². The van der Waals surface area contributed by atoms with Crippen molar-refractivity contribution in [2.24, 2.45) is 0 Å². The summed E-state index contributed by atoms with van der Waals surface area (Å²) < 4.78 is 45.1. The van der Waals surface area contributed by atoms with Gasteiger partial charge in [0.15, 0.2) is 0 Å². The average Bonchev–Trinajstić information content (AvgIpc) is 2.77. The van der Waals surface area contributed by atoms with E-state index >= 15 is 0 Å². The van der Waals surface area contributed by atoms with Crippen molar-refractivity contribution in [1.29, 1.82) is 0 Å². The van der Waals surface area contributed by atoms with Gasteiger partial charge in [0.25, 0.3) is 0 Å². The van der Waals surface area contributed by atoms with Gasteiger partial charge in [0.1, 0.15) is 12.3 Å². The molecule has 0 saturated heterocycles. The number of aromatic nitrogens is 2. The van der Waals surface area contributed by atoms with E-state index in [0.29, 0.717) is 11.4 Å². The summed E-state index contributed by atoms with van der Waals surface area (Å²) in [5, 5.41) is 4.08. The molecule has 1 aromatic heterocycles. The molecule has 0 atom stereocenters. The first kappa shape index (κ1) is 19.3. The lowest BCUT2D eigenvalue weighted by atomic mass is 10.0. The molecule has 7 heteroatoms. The van der Waals surface area contributed by atoms with Gasteiger partial charge in [0.05, 0.1) is 18.5 Å². The number of alkyl halides is 3. The quantitative estimate of drug-likeness (QED) is 0.789. The number of aryl methyl sites for hydroxylation is 1. The van der Waals surface area contributed by atoms with Gasteiger partial charge in [-0.3, -0.25) is 4.68 Å². The lowest BCUT2D eigenvalue weighted by Gasteiger charge is -2.15. The average molecular weight is 355 g/mol. The molecule has 0 fully saturated rings. The van der Waals surface area contributed by atoms with Crippen LogP contribution in [-0.2, 0) is 13.0 Å². The van der Waals surface area contributed by atoms with E-state index < -0.39 is 12.7 Å². The van der Waals surface area contributed by atoms with Gasteiger partial charge in [-0.05, 0) is 63.7 Å². The molecule has 1 aromatic carbocycles. The van der Waals surface area contributed by atoms with Crippen molar-refractivity contribution in [2.45, 2.75) is 33.0 Å². The molecule has 1 heterocycles. The van der Waals surface area contributed by atoms with Crippen molar-refractivity contribution in [2.75, 3.05) is 27.7 Å². The third kappa shape index (κ3) is 4.75. The maximum Gasteiger partial charge on any atom is 0.408 e. The molecule has 4 nitrogen and oxygen atoms in total. The number of rotatable bonds is 6. The number of hydrogen-bond acceptors (Lipinski definition) is 3. The van der Waals surface area contributed by atoms with Crippen LogP contribution in [0.3, 0.4) is 0 Å². The largest absolute Gasteiger partial charge is 0.496 e. The van der Waals surface area contributed by atoms with Gasteiger partial charge in [0, 0.05) is 12.1 Å². The molecule has 2 rings (SSSR count). The van der Waals surface area contributed by atoms with E-state index in [0.717, 1.165) is 40.1 Å². The van der Waals surface area contributed by atoms with E-state index in [9.17, 15) is 13.2 Å². The van der Waals surface area contributed by atoms with Crippen LogP contribution in [0.15, 0.2) is 18.2 Å². The zero-order chi connectivity index (χ0) is 18.8. The summed E-state index contributed by atoms with van der Waals surface area (Å²) in [5.74, 6) is 0.738. The fourth-order valence-electron chi connectivity index (χ4n) is 2.79. The molecule has 0 spiro atoms. The molecule has 0 aliphatic carbocycles. The third-order valence-electron chi connectivity index (χ3n) is 4.14. The first-order chi connectivity index (χ1) is 11.6. The van der Waals surface area contributed by atoms with Gasteiger partial charge in [-0.1, -0.05) is 0 Å². The Labute approximate surface area is 146 Å². The number of ether oxygens (including phenoxy) is 1. The van der Waals surface area contributed by atoms with E-state index in [4.69, 9.17) is 4.74 Å². The molecule has 0 saturated carbocycles. The highest BCUT2D eigenvalue weighted by Gasteiger charge is 2.30. The fourth-order valence-corrected chi connectivity index (χ4v) is 2.79. The SMILES string of the molecule is COc1ccc(-c2c(C)c(C)nn2CC(F)(F)F)cc1CCN(C)C. The summed E-state index contributed by atoms with van der Waals surface area (Å²) in [6, 6.07) is 5.49. The molecule has 138 valence electrons. The topological polar surface area (TPSA) is 30.3 Å². The highest BCUT2D eigenvalue weighted by atomic mass is 19.4. The highest BCUT2D eigenvalue weighted by Crippen LogP contribution is 2.32. The van der Waals surface area contributed by atoms with Crippen LogP contribution in [-0.4, -0.2) is 48.6 Å². The predicted octanol–water partition coefficient (Wildman–Crippen LogP) is 3.84. The van der Waals surface area contributed by atoms with Crippen LogP contribution < -0.4 is 4.74 Å². The van der Waals surface area contributed by atoms with Crippen molar-refractivity contribution >= 4 is 0 Å². The number of likely N-dealkylation sites (N-methyl/N-ethyl adjacent to an activating group) is 1. The van der Waals surface area contributed by atoms with E-state index in [2.05, 4.69) is 10.00 Å². The van der Waals surface area contributed by atoms with Crippen LogP contribution in [0.4, 0.5) is 13.2 Å². The molecule has 0 aliphatic heterocycles. The lowest BCUT2D eigenvalue weighted by molar-refractivity contribution is -0.142. The first-order valence-corrected chi connectivity index (χ1v) is 8.05. The molecule has 0 N–H and O–H groups in total. The zero-order valence-corrected chi connectivity index (χ0v) is 15.2. The minimum Gasteiger partial charge on any atom is -0.496 e. The van der Waals surface area contributed by atoms with Crippen LogP contribution in [0, 0.1) is 13.8 Å². The van der Waals surface area contributed by atoms with Gasteiger partial charge in [-0.2, -0.15) is 18.3 Å². The zero-order valence-electron chi connectivity index (χ0n) is 15.2. The minimum atomic E-state index is -4.32. The summed E-state index contributed by atoms with van der Waals surface area (Å²) in [4.78, 5) is 2.05. The van der Waals surface area contributed by atoms with Crippen molar-refractivity contribution in [3.63, 3.8) is 0 Å². The number of benzene rings is 1. The van der Waals surface area contributed by atoms with Crippen molar-refractivity contribution in [3.8, 4) is 17.0 Å². The molecule has 0 amide bonds. The summed E-state index contributed by atoms with van der Waals surface area (Å²) in [6.07, 6.45) is -3.57. The Morgan fingerprint density at radius 1 is 1.20 bits per heavy atom. The molecule has 0 aliphatic rings. The van der Waals surface area contributed by atoms with E-state index in [1.54, 1.807) is 33.1 Å². The van der Waals surface area contributed by atoms with Crippen LogP contribution in [0.2, 0.25) is 0 Å². The van der Waals surface area contributed by atoms with E-state index in [1.807, 2.05) is 20.2 Å². The second-order valence-electron chi connectivity index (χ2n) is 6.41. The fraction of sp³-hybridized carbons (Fsp3) is 0.500. The number of methoxy groups -OCH3 is 1. The lowest BCUT2D eigenvalue weighted by Crippen LogP contribution is -2.19. The molecule has 0 radical (unpaired) electrons. The van der Waals surface area contributed by atoms with Gasteiger partial charge in [-0.15, -0.1) is 0 Å². The number of nitrogens with zero attached hydrogens (tertiary/aromatic N) is 3. The highest BCUT2D eigenvalue weighted by molar-refractivity contribution is 5.66. The Balaban J connectivity index is 2.49. The summed E-state index contributed by atoms with van der Waals surface area (Å²) in [5.41, 5.74) is 3.55. The standard InChI is InChI=1S/C18H24F3N3O/c1-12-13(2)22-24(11-18(19,20)21)17(12)15-6-7-16(25-5)14(10-15)8-9-23(3)4/h6-7,10H,8-9,11H2,1-5H3. The number of hydrogen-bond donors (Lipinski definition) is 0. The van der Waals surface area contributed by atoms with Gasteiger partial charge < -0.3 is 9.64 Å². The van der Waals surface area contributed by atoms with Gasteiger partial charge in [0.2, 0.25) is 0 Å². The predicted molar refractivity (Wildman–Crippen MR) is 92.0 cm³/mol. The summed E-state index contributed by atoms with van der Waals surface area (Å²) in [7, 11) is 5.54. The second-order valence-corrected chi connectivity index (χ2v) is 6.41. The minimum absolute atomic E-state index is 0.503. The Kier molecular flexibility index (Phi) is 5.77. The molecule has 0 bridgehead atoms. The Bertz CT molecular complexity index is 736. The molecular weight excluding hydrogens is 331 g/mol. The van der Waals surface area contributed by atoms with E-state index in [-0.39, 0.29) is 0 Å². The smallest absolute Gasteiger partial charge is 0.408 e. The molecule has 25 heavy (non-hydrogen) atoms. The summed E-state index contributed by atoms with van der Waals surface area (Å²) >= 11 is 0. The maximum absolute atomic E-state index is 12.9. The Morgan fingerprint density at radius 2 is 1.88 bits per heavy atom. The maximum atomic E-state index is 12.9.